The van der Waals surface area contributed by atoms with E-state index in [4.69, 9.17) is 9.72 Å². The van der Waals surface area contributed by atoms with Gasteiger partial charge in [0, 0.05) is 31.7 Å². The Morgan fingerprint density at radius 2 is 1.75 bits per heavy atom. The summed E-state index contributed by atoms with van der Waals surface area (Å²) in [4.78, 5) is 22.9. The summed E-state index contributed by atoms with van der Waals surface area (Å²) in [6.45, 7) is 28.1. The molecular weight excluding hydrogens is 689 g/mol. The molecule has 0 radical (unpaired) electrons. The fourth-order valence-corrected chi connectivity index (χ4v) is 16.4. The van der Waals surface area contributed by atoms with Crippen LogP contribution in [0.1, 0.15) is 122 Å². The van der Waals surface area contributed by atoms with Crippen LogP contribution in [0.2, 0.25) is 0 Å². The molecule has 6 fully saturated rings. The fourth-order valence-electron chi connectivity index (χ4n) is 14.1. The molecule has 1 aromatic rings. The van der Waals surface area contributed by atoms with E-state index in [-0.39, 0.29) is 16.9 Å². The number of carbonyl (C=O) groups excluding carboxylic acids is 1. The van der Waals surface area contributed by atoms with Crippen LogP contribution in [0, 0.1) is 51.2 Å². The maximum Gasteiger partial charge on any atom is 0.350 e. The van der Waals surface area contributed by atoms with Crippen LogP contribution in [0.3, 0.4) is 0 Å². The molecular formula is C42H70N4O4S2. The number of nitrogens with zero attached hydrogens (tertiary/aromatic N) is 3. The minimum absolute atomic E-state index is 0.0446. The molecule has 2 aliphatic heterocycles. The summed E-state index contributed by atoms with van der Waals surface area (Å²) in [5.74, 6) is 4.18. The zero-order valence-electron chi connectivity index (χ0n) is 33.5. The first-order chi connectivity index (χ1) is 24.5. The minimum Gasteiger partial charge on any atom is -0.462 e. The summed E-state index contributed by atoms with van der Waals surface area (Å²) in [6, 6.07) is 0. The van der Waals surface area contributed by atoms with Crippen LogP contribution in [0.25, 0.3) is 0 Å². The number of carbonyl (C=O) groups is 1. The Bertz CT molecular complexity index is 1490. The Morgan fingerprint density at radius 3 is 2.46 bits per heavy atom. The van der Waals surface area contributed by atoms with Gasteiger partial charge in [-0.3, -0.25) is 9.11 Å². The average molecular weight is 759 g/mol. The number of ether oxygens (including phenoxy) is 1. The molecule has 0 spiro atoms. The Morgan fingerprint density at radius 1 is 1.00 bits per heavy atom. The van der Waals surface area contributed by atoms with Crippen LogP contribution in [0.4, 0.5) is 5.13 Å². The lowest BCUT2D eigenvalue weighted by molar-refractivity contribution is -0.227. The number of anilines is 1. The molecule has 1 aromatic heterocycles. The number of piperidine rings is 1. The maximum atomic E-state index is 12.5. The van der Waals surface area contributed by atoms with Gasteiger partial charge in [-0.25, -0.2) is 9.78 Å². The molecule has 0 aromatic carbocycles. The molecule has 6 aliphatic rings. The molecule has 2 saturated heterocycles. The van der Waals surface area contributed by atoms with Crippen molar-refractivity contribution in [1.82, 2.24) is 15.2 Å². The van der Waals surface area contributed by atoms with Gasteiger partial charge >= 0.3 is 5.97 Å². The third-order valence-electron chi connectivity index (χ3n) is 16.9. The van der Waals surface area contributed by atoms with Crippen molar-refractivity contribution >= 4 is 33.0 Å². The van der Waals surface area contributed by atoms with Gasteiger partial charge in [0.1, 0.15) is 4.88 Å². The third kappa shape index (κ3) is 6.33. The van der Waals surface area contributed by atoms with Gasteiger partial charge in [-0.05, 0) is 156 Å². The lowest BCUT2D eigenvalue weighted by atomic mass is 9.33. The average Bonchev–Trinajstić information content (AvgIpc) is 3.72. The normalized spacial score (nSPS) is 41.6. The quantitative estimate of drug-likeness (QED) is 0.124. The van der Waals surface area contributed by atoms with Gasteiger partial charge in [-0.1, -0.05) is 44.3 Å². The molecule has 3 heterocycles. The second-order valence-corrected chi connectivity index (χ2v) is 22.8. The number of fused-ring (bicyclic) bond motifs is 7. The maximum absolute atomic E-state index is 12.5. The highest BCUT2D eigenvalue weighted by atomic mass is 32.3. The fraction of sp³-hybridized carbons (Fsp3) is 0.857. The second kappa shape index (κ2) is 14.1. The van der Waals surface area contributed by atoms with E-state index in [0.717, 1.165) is 56.7 Å². The number of rotatable bonds is 10. The SMILES string of the molecule is C=C(C)[C@@H]1CC[C@]2(CNCCCN3CCS(O)(O)CC3)CC[C@]3(C)[C@H](CC[C@@H]4[C@@]5(C)CCN(c6ncc(C(=O)OCC)s6)C(C)(C)[C@@H]5CC[C@]43C)[C@@H]12. The second-order valence-electron chi connectivity index (χ2n) is 19.4. The smallest absolute Gasteiger partial charge is 0.350 e. The van der Waals surface area contributed by atoms with Crippen molar-refractivity contribution in [3.8, 4) is 0 Å². The number of esters is 1. The van der Waals surface area contributed by atoms with Gasteiger partial charge < -0.3 is 19.9 Å². The first kappa shape index (κ1) is 39.1. The van der Waals surface area contributed by atoms with E-state index in [9.17, 15) is 13.9 Å². The van der Waals surface area contributed by atoms with Crippen LogP contribution in [-0.4, -0.2) is 87.9 Å². The van der Waals surface area contributed by atoms with E-state index in [2.05, 4.69) is 63.2 Å². The van der Waals surface area contributed by atoms with Gasteiger partial charge in [0.25, 0.3) is 0 Å². The molecule has 9 atom stereocenters. The summed E-state index contributed by atoms with van der Waals surface area (Å²) in [6.07, 6.45) is 14.6. The van der Waals surface area contributed by atoms with E-state index in [1.165, 1.54) is 74.7 Å². The van der Waals surface area contributed by atoms with E-state index >= 15 is 0 Å². The lowest BCUT2D eigenvalue weighted by Crippen LogP contribution is -2.70. The standard InChI is InChI=1S/C42H70N4O4S2/c1-9-50-36(47)32-27-44-37(51-32)46-22-19-39(6)33(38(46,4)5)14-15-41(8)34(39)12-11-31-35-30(29(2)3)13-16-42(35,18-17-40(31,41)7)28-43-20-10-21-45-23-25-52(48,49)26-24-45/h27,30-31,33-35,43,48-49H,2,9-26,28H2,1,3-8H3/t30-,31+,33-,34+,35+,39-,40+,41+,42+/m0/s1. The van der Waals surface area contributed by atoms with E-state index in [0.29, 0.717) is 62.9 Å². The van der Waals surface area contributed by atoms with Crippen LogP contribution in [0.5, 0.6) is 0 Å². The molecule has 0 bridgehead atoms. The number of aromatic nitrogens is 1. The summed E-state index contributed by atoms with van der Waals surface area (Å²) < 4.78 is 25.3. The predicted molar refractivity (Wildman–Crippen MR) is 217 cm³/mol. The first-order valence-electron chi connectivity index (χ1n) is 20.7. The number of hydrogen-bond donors (Lipinski definition) is 3. The predicted octanol–water partition coefficient (Wildman–Crippen LogP) is 9.19. The van der Waals surface area contributed by atoms with Crippen molar-refractivity contribution in [2.24, 2.45) is 51.2 Å². The van der Waals surface area contributed by atoms with Crippen molar-refractivity contribution in [1.29, 1.82) is 0 Å². The molecule has 4 saturated carbocycles. The minimum atomic E-state index is -2.33. The first-order valence-corrected chi connectivity index (χ1v) is 23.4. The Kier molecular flexibility index (Phi) is 10.6. The summed E-state index contributed by atoms with van der Waals surface area (Å²) >= 11 is 1.50. The van der Waals surface area contributed by atoms with Gasteiger partial charge in [-0.2, -0.15) is 10.6 Å². The molecule has 4 aliphatic carbocycles. The molecule has 10 heteroatoms. The van der Waals surface area contributed by atoms with E-state index in [1.54, 1.807) is 6.20 Å². The Labute approximate surface area is 320 Å². The van der Waals surface area contributed by atoms with Crippen LogP contribution in [0.15, 0.2) is 18.3 Å². The Hall–Kier alpha value is -1.17. The molecule has 52 heavy (non-hydrogen) atoms. The topological polar surface area (TPSA) is 98.2 Å². The zero-order valence-corrected chi connectivity index (χ0v) is 35.1. The monoisotopic (exact) mass is 758 g/mol. The molecule has 8 nitrogen and oxygen atoms in total. The number of allylic oxidation sites excluding steroid dienone is 1. The van der Waals surface area contributed by atoms with Gasteiger partial charge in [0.2, 0.25) is 0 Å². The zero-order chi connectivity index (χ0) is 37.3. The van der Waals surface area contributed by atoms with E-state index in [1.807, 2.05) is 6.92 Å². The highest BCUT2D eigenvalue weighted by Crippen LogP contribution is 2.77. The van der Waals surface area contributed by atoms with Crippen molar-refractivity contribution < 1.29 is 18.6 Å². The van der Waals surface area contributed by atoms with Crippen molar-refractivity contribution in [2.75, 3.05) is 62.3 Å². The van der Waals surface area contributed by atoms with Crippen LogP contribution < -0.4 is 10.2 Å². The third-order valence-corrected chi connectivity index (χ3v) is 19.6. The van der Waals surface area contributed by atoms with Crippen LogP contribution >= 0.6 is 21.9 Å². The van der Waals surface area contributed by atoms with Crippen molar-refractivity contribution in [2.45, 2.75) is 118 Å². The summed E-state index contributed by atoms with van der Waals surface area (Å²) in [7, 11) is -2.33. The van der Waals surface area contributed by atoms with Gasteiger partial charge in [0.05, 0.1) is 24.3 Å². The van der Waals surface area contributed by atoms with E-state index < -0.39 is 10.6 Å². The Balaban J connectivity index is 1.07. The number of thiazole rings is 1. The van der Waals surface area contributed by atoms with Gasteiger partial charge in [-0.15, -0.1) is 0 Å². The summed E-state index contributed by atoms with van der Waals surface area (Å²) in [5, 5.41) is 4.97. The largest absolute Gasteiger partial charge is 0.462 e. The van der Waals surface area contributed by atoms with Crippen molar-refractivity contribution in [3.63, 3.8) is 0 Å². The molecule has 294 valence electrons. The summed E-state index contributed by atoms with van der Waals surface area (Å²) in [5.41, 5.74) is 2.65. The van der Waals surface area contributed by atoms with Crippen molar-refractivity contribution in [3.05, 3.63) is 23.2 Å². The molecule has 7 rings (SSSR count). The van der Waals surface area contributed by atoms with Gasteiger partial charge in [0.15, 0.2) is 5.13 Å². The highest BCUT2D eigenvalue weighted by Gasteiger charge is 2.70. The molecule has 0 unspecified atom stereocenters. The molecule has 0 amide bonds. The lowest BCUT2D eigenvalue weighted by Gasteiger charge is -2.73. The van der Waals surface area contributed by atoms with Crippen LogP contribution in [-0.2, 0) is 4.74 Å². The number of nitrogens with one attached hydrogen (secondary N) is 1. The molecule has 3 N–H and O–H groups in total. The number of hydrogen-bond acceptors (Lipinski definition) is 9. The highest BCUT2D eigenvalue weighted by molar-refractivity contribution is 8.24.